The van der Waals surface area contributed by atoms with Crippen LogP contribution in [-0.2, 0) is 13.1 Å². The van der Waals surface area contributed by atoms with Crippen LogP contribution in [-0.4, -0.2) is 71.0 Å². The minimum absolute atomic E-state index is 0.0144. The largest absolute Gasteiger partial charge is 0.486 e. The van der Waals surface area contributed by atoms with Crippen molar-refractivity contribution >= 4 is 22.7 Å². The van der Waals surface area contributed by atoms with Crippen molar-refractivity contribution in [3.63, 3.8) is 0 Å². The average molecular weight is 549 g/mol. The first kappa shape index (κ1) is 27.8. The number of rotatable bonds is 7. The molecule has 2 aromatic carbocycles. The molecule has 0 radical (unpaired) electrons. The van der Waals surface area contributed by atoms with E-state index in [4.69, 9.17) is 9.47 Å². The third kappa shape index (κ3) is 5.75. The fraction of sp³-hybridized carbons (Fsp3) is 0.484. The van der Waals surface area contributed by atoms with E-state index < -0.39 is 6.09 Å². The number of benzene rings is 2. The number of hydrogen-bond acceptors (Lipinski definition) is 6. The van der Waals surface area contributed by atoms with E-state index >= 15 is 0 Å². The van der Waals surface area contributed by atoms with Crippen LogP contribution in [0, 0.1) is 5.41 Å². The fourth-order valence-electron chi connectivity index (χ4n) is 6.19. The molecule has 2 aliphatic rings. The molecule has 2 N–H and O–H groups in total. The second-order valence-corrected chi connectivity index (χ2v) is 11.8. The van der Waals surface area contributed by atoms with Crippen molar-refractivity contribution < 1.29 is 19.4 Å². The summed E-state index contributed by atoms with van der Waals surface area (Å²) in [7, 11) is 1.89. The minimum atomic E-state index is -0.913. The van der Waals surface area contributed by atoms with Crippen molar-refractivity contribution in [3.05, 3.63) is 64.4 Å². The maximum Gasteiger partial charge on any atom is 0.407 e. The molecule has 2 atom stereocenters. The predicted octanol–water partition coefficient (Wildman–Crippen LogP) is 4.87. The molecule has 40 heavy (non-hydrogen) atoms. The average Bonchev–Trinajstić information content (AvgIpc) is 2.94. The van der Waals surface area contributed by atoms with Crippen LogP contribution in [0.5, 0.6) is 11.5 Å². The van der Waals surface area contributed by atoms with Crippen LogP contribution in [0.3, 0.4) is 0 Å². The molecule has 1 aromatic heterocycles. The van der Waals surface area contributed by atoms with Crippen molar-refractivity contribution in [2.75, 3.05) is 38.7 Å². The standard InChI is InChI=1S/C31H40N4O5/c1-31(2,3)28-19-22(35(30(37)38)20-21-8-10-26-27(18-21)40-17-16-39-26)12-13-33(28)14-15-34-25-7-5-6-24(32-4)23(25)9-11-29(34)36/h5-11,18,22,28,32H,12-17,19-20H2,1-4H3,(H,37,38). The second-order valence-electron chi connectivity index (χ2n) is 11.8. The van der Waals surface area contributed by atoms with Gasteiger partial charge in [0, 0.05) is 62.5 Å². The Morgan fingerprint density at radius 1 is 1.07 bits per heavy atom. The quantitative estimate of drug-likeness (QED) is 0.435. The van der Waals surface area contributed by atoms with E-state index in [1.807, 2.05) is 54.1 Å². The number of piperidine rings is 1. The zero-order valence-corrected chi connectivity index (χ0v) is 23.9. The van der Waals surface area contributed by atoms with Gasteiger partial charge >= 0.3 is 6.09 Å². The lowest BCUT2D eigenvalue weighted by atomic mass is 9.78. The Morgan fingerprint density at radius 3 is 2.58 bits per heavy atom. The summed E-state index contributed by atoms with van der Waals surface area (Å²) in [5.41, 5.74) is 2.71. The van der Waals surface area contributed by atoms with Gasteiger partial charge < -0.3 is 29.4 Å². The Bertz CT molecular complexity index is 1430. The molecule has 3 aromatic rings. The molecule has 1 saturated heterocycles. The predicted molar refractivity (Wildman–Crippen MR) is 157 cm³/mol. The van der Waals surface area contributed by atoms with E-state index in [0.29, 0.717) is 44.3 Å². The van der Waals surface area contributed by atoms with Crippen molar-refractivity contribution in [2.45, 2.75) is 58.8 Å². The van der Waals surface area contributed by atoms with Crippen LogP contribution in [0.15, 0.2) is 53.3 Å². The number of ether oxygens (including phenoxy) is 2. The summed E-state index contributed by atoms with van der Waals surface area (Å²) in [6, 6.07) is 15.2. The maximum atomic E-state index is 12.9. The summed E-state index contributed by atoms with van der Waals surface area (Å²) < 4.78 is 13.2. The third-order valence-electron chi connectivity index (χ3n) is 8.24. The summed E-state index contributed by atoms with van der Waals surface area (Å²) in [6.45, 7) is 9.99. The van der Waals surface area contributed by atoms with Gasteiger partial charge in [-0.1, -0.05) is 32.9 Å². The molecule has 1 amide bonds. The van der Waals surface area contributed by atoms with Gasteiger partial charge in [0.15, 0.2) is 11.5 Å². The van der Waals surface area contributed by atoms with E-state index in [-0.39, 0.29) is 23.1 Å². The summed E-state index contributed by atoms with van der Waals surface area (Å²) in [6.07, 6.45) is 0.551. The topological polar surface area (TPSA) is 96.3 Å². The highest BCUT2D eigenvalue weighted by Crippen LogP contribution is 2.36. The van der Waals surface area contributed by atoms with Crippen molar-refractivity contribution in [1.29, 1.82) is 0 Å². The summed E-state index contributed by atoms with van der Waals surface area (Å²) >= 11 is 0. The molecule has 0 aliphatic carbocycles. The second kappa shape index (κ2) is 11.4. The molecular weight excluding hydrogens is 508 g/mol. The number of pyridine rings is 1. The van der Waals surface area contributed by atoms with Gasteiger partial charge in [-0.3, -0.25) is 9.69 Å². The number of nitrogens with zero attached hydrogens (tertiary/aromatic N) is 3. The normalized spacial score (nSPS) is 19.4. The molecule has 0 spiro atoms. The van der Waals surface area contributed by atoms with Crippen LogP contribution in [0.2, 0.25) is 0 Å². The summed E-state index contributed by atoms with van der Waals surface area (Å²) in [5.74, 6) is 1.37. The SMILES string of the molecule is CNc1cccc2c1ccc(=O)n2CCN1CCC(N(Cc2ccc3c(c2)OCCO3)C(=O)O)CC1C(C)(C)C. The number of fused-ring (bicyclic) bond motifs is 2. The first-order chi connectivity index (χ1) is 19.2. The number of carbonyl (C=O) groups is 1. The van der Waals surface area contributed by atoms with Crippen LogP contribution in [0.25, 0.3) is 10.9 Å². The summed E-state index contributed by atoms with van der Waals surface area (Å²) in [5, 5.41) is 14.5. The minimum Gasteiger partial charge on any atom is -0.486 e. The Kier molecular flexibility index (Phi) is 7.94. The zero-order chi connectivity index (χ0) is 28.4. The number of hydrogen-bond donors (Lipinski definition) is 2. The first-order valence-corrected chi connectivity index (χ1v) is 14.1. The number of aromatic nitrogens is 1. The Labute approximate surface area is 235 Å². The Hall–Kier alpha value is -3.72. The molecule has 2 unspecified atom stereocenters. The monoisotopic (exact) mass is 548 g/mol. The van der Waals surface area contributed by atoms with Crippen molar-refractivity contribution in [2.24, 2.45) is 5.41 Å². The molecule has 214 valence electrons. The van der Waals surface area contributed by atoms with Gasteiger partial charge in [0.1, 0.15) is 13.2 Å². The van der Waals surface area contributed by atoms with E-state index in [9.17, 15) is 14.7 Å². The molecule has 0 bridgehead atoms. The smallest absolute Gasteiger partial charge is 0.407 e. The lowest BCUT2D eigenvalue weighted by molar-refractivity contribution is 0.0131. The first-order valence-electron chi connectivity index (χ1n) is 14.1. The fourth-order valence-corrected chi connectivity index (χ4v) is 6.19. The van der Waals surface area contributed by atoms with Gasteiger partial charge in [-0.2, -0.15) is 0 Å². The van der Waals surface area contributed by atoms with Crippen LogP contribution in [0.4, 0.5) is 10.5 Å². The van der Waals surface area contributed by atoms with Crippen LogP contribution < -0.4 is 20.3 Å². The molecule has 2 aliphatic heterocycles. The number of nitrogens with one attached hydrogen (secondary N) is 1. The number of anilines is 1. The molecule has 0 saturated carbocycles. The van der Waals surface area contributed by atoms with E-state index in [0.717, 1.165) is 41.5 Å². The number of likely N-dealkylation sites (tertiary alicyclic amines) is 1. The Morgan fingerprint density at radius 2 is 1.85 bits per heavy atom. The number of amides is 1. The molecular formula is C31H40N4O5. The van der Waals surface area contributed by atoms with Gasteiger partial charge in [0.25, 0.3) is 5.56 Å². The summed E-state index contributed by atoms with van der Waals surface area (Å²) in [4.78, 5) is 29.4. The molecule has 5 rings (SSSR count). The van der Waals surface area contributed by atoms with Crippen LogP contribution >= 0.6 is 0 Å². The zero-order valence-electron chi connectivity index (χ0n) is 23.9. The van der Waals surface area contributed by atoms with Gasteiger partial charge in [-0.25, -0.2) is 4.79 Å². The van der Waals surface area contributed by atoms with E-state index in [1.54, 1.807) is 11.0 Å². The van der Waals surface area contributed by atoms with Gasteiger partial charge in [0.05, 0.1) is 5.52 Å². The van der Waals surface area contributed by atoms with E-state index in [2.05, 4.69) is 31.0 Å². The van der Waals surface area contributed by atoms with Gasteiger partial charge in [0.2, 0.25) is 0 Å². The molecule has 9 nitrogen and oxygen atoms in total. The Balaban J connectivity index is 1.33. The highest BCUT2D eigenvalue weighted by atomic mass is 16.6. The van der Waals surface area contributed by atoms with Gasteiger partial charge in [-0.05, 0) is 54.2 Å². The van der Waals surface area contributed by atoms with Crippen LogP contribution in [0.1, 0.15) is 39.2 Å². The maximum absolute atomic E-state index is 12.9. The number of carboxylic acid groups (broad SMARTS) is 1. The lowest BCUT2D eigenvalue weighted by Crippen LogP contribution is -2.55. The van der Waals surface area contributed by atoms with E-state index in [1.165, 1.54) is 0 Å². The molecule has 3 heterocycles. The van der Waals surface area contributed by atoms with Crippen molar-refractivity contribution in [3.8, 4) is 11.5 Å². The molecule has 9 heteroatoms. The van der Waals surface area contributed by atoms with Gasteiger partial charge in [-0.15, -0.1) is 0 Å². The highest BCUT2D eigenvalue weighted by molar-refractivity contribution is 5.91. The highest BCUT2D eigenvalue weighted by Gasteiger charge is 2.39. The third-order valence-corrected chi connectivity index (χ3v) is 8.24. The molecule has 1 fully saturated rings. The lowest BCUT2D eigenvalue weighted by Gasteiger charge is -2.48. The van der Waals surface area contributed by atoms with Crippen molar-refractivity contribution in [1.82, 2.24) is 14.4 Å².